The van der Waals surface area contributed by atoms with Crippen molar-refractivity contribution in [2.45, 2.75) is 6.42 Å². The molecule has 0 aliphatic carbocycles. The van der Waals surface area contributed by atoms with Gasteiger partial charge >= 0.3 is 5.97 Å². The van der Waals surface area contributed by atoms with Crippen LogP contribution in [0.15, 0.2) is 40.4 Å². The molecule has 3 rings (SSSR count). The maximum Gasteiger partial charge on any atom is 0.305 e. The van der Waals surface area contributed by atoms with Crippen LogP contribution in [-0.4, -0.2) is 27.6 Å². The van der Waals surface area contributed by atoms with Crippen LogP contribution in [0.3, 0.4) is 0 Å². The number of carboxylic acids is 1. The molecule has 5 nitrogen and oxygen atoms in total. The van der Waals surface area contributed by atoms with Crippen LogP contribution in [0.1, 0.15) is 6.42 Å². The van der Waals surface area contributed by atoms with E-state index in [1.807, 2.05) is 29.6 Å². The first-order valence-electron chi connectivity index (χ1n) is 6.59. The number of aliphatic carboxylic acids is 1. The molecule has 23 heavy (non-hydrogen) atoms. The van der Waals surface area contributed by atoms with Gasteiger partial charge in [-0.3, -0.25) is 4.79 Å². The number of rotatable bonds is 5. The lowest BCUT2D eigenvalue weighted by Crippen LogP contribution is -2.09. The van der Waals surface area contributed by atoms with E-state index in [2.05, 4.69) is 31.2 Å². The first-order valence-corrected chi connectivity index (χ1v) is 8.26. The van der Waals surface area contributed by atoms with Gasteiger partial charge in [-0.2, -0.15) is 0 Å². The van der Waals surface area contributed by atoms with E-state index in [0.29, 0.717) is 12.4 Å². The molecule has 2 aromatic heterocycles. The molecular formula is C15H13BrClN3O2S. The van der Waals surface area contributed by atoms with E-state index in [9.17, 15) is 4.79 Å². The Kier molecular flexibility index (Phi) is 5.92. The Labute approximate surface area is 151 Å². The fourth-order valence-electron chi connectivity index (χ4n) is 2.14. The van der Waals surface area contributed by atoms with Crippen molar-refractivity contribution in [1.29, 1.82) is 0 Å². The van der Waals surface area contributed by atoms with E-state index < -0.39 is 5.97 Å². The third-order valence-electron chi connectivity index (χ3n) is 3.16. The van der Waals surface area contributed by atoms with Crippen LogP contribution in [0.4, 0.5) is 5.82 Å². The van der Waals surface area contributed by atoms with E-state index in [1.165, 1.54) is 6.33 Å². The molecular weight excluding hydrogens is 402 g/mol. The number of carbonyl (C=O) groups is 1. The smallest absolute Gasteiger partial charge is 0.305 e. The summed E-state index contributed by atoms with van der Waals surface area (Å²) in [4.78, 5) is 20.1. The van der Waals surface area contributed by atoms with Crippen molar-refractivity contribution in [3.8, 4) is 11.1 Å². The molecule has 1 aromatic carbocycles. The second-order valence-corrected chi connectivity index (χ2v) is 6.40. The van der Waals surface area contributed by atoms with Crippen molar-refractivity contribution in [2.75, 3.05) is 11.9 Å². The summed E-state index contributed by atoms with van der Waals surface area (Å²) in [6.45, 7) is 0.330. The van der Waals surface area contributed by atoms with Crippen LogP contribution in [0.25, 0.3) is 21.3 Å². The number of anilines is 1. The van der Waals surface area contributed by atoms with Crippen molar-refractivity contribution < 1.29 is 9.90 Å². The number of fused-ring (bicyclic) bond motifs is 1. The Morgan fingerprint density at radius 1 is 1.26 bits per heavy atom. The summed E-state index contributed by atoms with van der Waals surface area (Å²) >= 11 is 4.98. The Bertz CT molecular complexity index is 823. The van der Waals surface area contributed by atoms with Crippen molar-refractivity contribution in [3.05, 3.63) is 40.4 Å². The molecule has 0 bridgehead atoms. The summed E-state index contributed by atoms with van der Waals surface area (Å²) in [5.74, 6) is -0.165. The summed E-state index contributed by atoms with van der Waals surface area (Å²) in [5.41, 5.74) is 2.12. The van der Waals surface area contributed by atoms with Crippen LogP contribution in [0, 0.1) is 0 Å². The Balaban J connectivity index is 0.00000192. The standard InChI is InChI=1S/C15H12BrN3O2S.ClH/c16-10-3-1-9(2-4-10)11-7-22-15-13(11)14(18-8-19-15)17-6-5-12(20)21;/h1-4,7-8H,5-6H2,(H,20,21)(H,17,18,19);1H. The van der Waals surface area contributed by atoms with Crippen LogP contribution >= 0.6 is 39.7 Å². The van der Waals surface area contributed by atoms with Crippen molar-refractivity contribution in [3.63, 3.8) is 0 Å². The topological polar surface area (TPSA) is 75.1 Å². The normalized spacial score (nSPS) is 10.3. The molecule has 120 valence electrons. The number of aromatic nitrogens is 2. The van der Waals surface area contributed by atoms with Crippen LogP contribution in [0.2, 0.25) is 0 Å². The van der Waals surface area contributed by atoms with E-state index in [1.54, 1.807) is 11.3 Å². The summed E-state index contributed by atoms with van der Waals surface area (Å²) in [7, 11) is 0. The fourth-order valence-corrected chi connectivity index (χ4v) is 3.32. The van der Waals surface area contributed by atoms with Gasteiger partial charge in [-0.1, -0.05) is 28.1 Å². The zero-order chi connectivity index (χ0) is 15.5. The molecule has 2 N–H and O–H groups in total. The van der Waals surface area contributed by atoms with Gasteiger partial charge < -0.3 is 10.4 Å². The zero-order valence-corrected chi connectivity index (χ0v) is 15.0. The molecule has 0 fully saturated rings. The van der Waals surface area contributed by atoms with Gasteiger partial charge in [0.05, 0.1) is 11.8 Å². The maximum atomic E-state index is 10.6. The number of hydrogen-bond acceptors (Lipinski definition) is 5. The summed E-state index contributed by atoms with van der Waals surface area (Å²) in [5, 5.41) is 14.8. The van der Waals surface area contributed by atoms with Crippen LogP contribution in [-0.2, 0) is 4.79 Å². The predicted octanol–water partition coefficient (Wildman–Crippen LogP) is 4.43. The molecule has 0 radical (unpaired) electrons. The highest BCUT2D eigenvalue weighted by molar-refractivity contribution is 9.10. The molecule has 0 amide bonds. The van der Waals surface area contributed by atoms with Crippen LogP contribution in [0.5, 0.6) is 0 Å². The molecule has 0 atom stereocenters. The first-order chi connectivity index (χ1) is 10.6. The van der Waals surface area contributed by atoms with Gasteiger partial charge in [-0.15, -0.1) is 23.7 Å². The van der Waals surface area contributed by atoms with Gasteiger partial charge in [0.15, 0.2) is 0 Å². The van der Waals surface area contributed by atoms with Crippen LogP contribution < -0.4 is 5.32 Å². The number of nitrogens with zero attached hydrogens (tertiary/aromatic N) is 2. The number of carboxylic acid groups (broad SMARTS) is 1. The van der Waals surface area contributed by atoms with Gasteiger partial charge in [-0.05, 0) is 17.7 Å². The Morgan fingerprint density at radius 3 is 2.70 bits per heavy atom. The zero-order valence-electron chi connectivity index (χ0n) is 11.8. The lowest BCUT2D eigenvalue weighted by molar-refractivity contribution is -0.136. The maximum absolute atomic E-state index is 10.6. The van der Waals surface area contributed by atoms with Gasteiger partial charge in [0, 0.05) is 22.0 Å². The predicted molar refractivity (Wildman–Crippen MR) is 98.5 cm³/mol. The molecule has 0 unspecified atom stereocenters. The minimum atomic E-state index is -0.837. The van der Waals surface area contributed by atoms with E-state index >= 15 is 0 Å². The molecule has 8 heteroatoms. The lowest BCUT2D eigenvalue weighted by Gasteiger charge is -2.07. The SMILES string of the molecule is Cl.O=C(O)CCNc1ncnc2scc(-c3ccc(Br)cc3)c12. The first kappa shape index (κ1) is 17.7. The van der Waals surface area contributed by atoms with E-state index in [0.717, 1.165) is 25.8 Å². The van der Waals surface area contributed by atoms with Crippen molar-refractivity contribution >= 4 is 61.7 Å². The van der Waals surface area contributed by atoms with Gasteiger partial charge in [0.1, 0.15) is 17.0 Å². The molecule has 0 aliphatic heterocycles. The lowest BCUT2D eigenvalue weighted by atomic mass is 10.1. The summed E-state index contributed by atoms with van der Waals surface area (Å²) in [6, 6.07) is 8.03. The summed E-state index contributed by atoms with van der Waals surface area (Å²) in [6.07, 6.45) is 1.54. The third-order valence-corrected chi connectivity index (χ3v) is 4.57. The molecule has 0 aliphatic rings. The molecule has 0 spiro atoms. The van der Waals surface area contributed by atoms with Crippen molar-refractivity contribution in [2.24, 2.45) is 0 Å². The quantitative estimate of drug-likeness (QED) is 0.646. The highest BCUT2D eigenvalue weighted by atomic mass is 79.9. The number of nitrogens with one attached hydrogen (secondary N) is 1. The van der Waals surface area contributed by atoms with Gasteiger partial charge in [-0.25, -0.2) is 9.97 Å². The molecule has 0 saturated carbocycles. The van der Waals surface area contributed by atoms with Crippen molar-refractivity contribution in [1.82, 2.24) is 9.97 Å². The molecule has 2 heterocycles. The largest absolute Gasteiger partial charge is 0.481 e. The number of hydrogen-bond donors (Lipinski definition) is 2. The number of halogens is 2. The average molecular weight is 415 g/mol. The second-order valence-electron chi connectivity index (χ2n) is 4.63. The number of benzene rings is 1. The van der Waals surface area contributed by atoms with E-state index in [-0.39, 0.29) is 18.8 Å². The molecule has 3 aromatic rings. The summed E-state index contributed by atoms with van der Waals surface area (Å²) < 4.78 is 1.02. The average Bonchev–Trinajstić information content (AvgIpc) is 2.93. The minimum absolute atomic E-state index is 0. The Morgan fingerprint density at radius 2 is 2.00 bits per heavy atom. The van der Waals surface area contributed by atoms with E-state index in [4.69, 9.17) is 5.11 Å². The second kappa shape index (κ2) is 7.72. The third kappa shape index (κ3) is 3.99. The van der Waals surface area contributed by atoms with Gasteiger partial charge in [0.2, 0.25) is 0 Å². The highest BCUT2D eigenvalue weighted by Crippen LogP contribution is 2.36. The highest BCUT2D eigenvalue weighted by Gasteiger charge is 2.13. The number of thiophene rings is 1. The molecule has 0 saturated heterocycles. The fraction of sp³-hybridized carbons (Fsp3) is 0.133. The van der Waals surface area contributed by atoms with Gasteiger partial charge in [0.25, 0.3) is 0 Å². The Hall–Kier alpha value is -1.70. The monoisotopic (exact) mass is 413 g/mol. The minimum Gasteiger partial charge on any atom is -0.481 e.